The third-order valence-corrected chi connectivity index (χ3v) is 3.76. The molecular formula is C16H21NO3. The lowest BCUT2D eigenvalue weighted by Gasteiger charge is -2.30. The highest BCUT2D eigenvalue weighted by molar-refractivity contribution is 5.81. The molecule has 1 amide bonds. The van der Waals surface area contributed by atoms with Crippen molar-refractivity contribution >= 4 is 11.9 Å². The fraction of sp³-hybridized carbons (Fsp3) is 0.500. The van der Waals surface area contributed by atoms with E-state index in [0.717, 1.165) is 18.4 Å². The number of amides is 1. The highest BCUT2D eigenvalue weighted by atomic mass is 16.6. The van der Waals surface area contributed by atoms with Gasteiger partial charge in [0.05, 0.1) is 0 Å². The van der Waals surface area contributed by atoms with E-state index in [0.29, 0.717) is 31.9 Å². The van der Waals surface area contributed by atoms with E-state index in [-0.39, 0.29) is 12.0 Å². The van der Waals surface area contributed by atoms with Crippen LogP contribution in [0, 0.1) is 5.92 Å². The first-order chi connectivity index (χ1) is 9.70. The average molecular weight is 275 g/mol. The van der Waals surface area contributed by atoms with Crippen LogP contribution in [0.15, 0.2) is 30.3 Å². The van der Waals surface area contributed by atoms with Crippen LogP contribution in [0.4, 0.5) is 4.79 Å². The number of Topliss-reactive ketones (excluding diaryl/α,β-unsaturated/α-hetero) is 1. The summed E-state index contributed by atoms with van der Waals surface area (Å²) in [5.41, 5.74) is 0.983. The number of piperidine rings is 1. The van der Waals surface area contributed by atoms with Gasteiger partial charge in [-0.05, 0) is 18.4 Å². The molecular weight excluding hydrogens is 254 g/mol. The Hall–Kier alpha value is -1.84. The molecule has 0 aromatic heterocycles. The zero-order valence-electron chi connectivity index (χ0n) is 11.9. The van der Waals surface area contributed by atoms with Crippen LogP contribution in [0.3, 0.4) is 0 Å². The van der Waals surface area contributed by atoms with Gasteiger partial charge >= 0.3 is 6.09 Å². The molecule has 1 aromatic carbocycles. The van der Waals surface area contributed by atoms with Gasteiger partial charge in [-0.25, -0.2) is 4.79 Å². The maximum atomic E-state index is 11.9. The molecule has 4 heteroatoms. The van der Waals surface area contributed by atoms with Crippen molar-refractivity contribution in [3.05, 3.63) is 35.9 Å². The first kappa shape index (κ1) is 14.6. The van der Waals surface area contributed by atoms with Crippen molar-refractivity contribution in [3.63, 3.8) is 0 Å². The van der Waals surface area contributed by atoms with Crippen LogP contribution in [-0.2, 0) is 16.1 Å². The Kier molecular flexibility index (Phi) is 5.16. The molecule has 20 heavy (non-hydrogen) atoms. The van der Waals surface area contributed by atoms with Crippen molar-refractivity contribution in [1.82, 2.24) is 4.90 Å². The second kappa shape index (κ2) is 7.08. The summed E-state index contributed by atoms with van der Waals surface area (Å²) in [5, 5.41) is 0. The number of ketones is 1. The molecule has 0 atom stereocenters. The quantitative estimate of drug-likeness (QED) is 0.848. The van der Waals surface area contributed by atoms with Gasteiger partial charge in [-0.15, -0.1) is 0 Å². The molecule has 0 bridgehead atoms. The molecule has 0 unspecified atom stereocenters. The summed E-state index contributed by atoms with van der Waals surface area (Å²) < 4.78 is 5.29. The van der Waals surface area contributed by atoms with Crippen LogP contribution in [0.25, 0.3) is 0 Å². The smallest absolute Gasteiger partial charge is 0.410 e. The number of hydrogen-bond donors (Lipinski definition) is 0. The third kappa shape index (κ3) is 3.83. The molecule has 0 saturated carbocycles. The van der Waals surface area contributed by atoms with Crippen LogP contribution in [0.5, 0.6) is 0 Å². The average Bonchev–Trinajstić information content (AvgIpc) is 2.53. The van der Waals surface area contributed by atoms with Gasteiger partial charge in [0.15, 0.2) is 0 Å². The van der Waals surface area contributed by atoms with Crippen molar-refractivity contribution in [3.8, 4) is 0 Å². The second-order valence-electron chi connectivity index (χ2n) is 5.12. The fourth-order valence-electron chi connectivity index (χ4n) is 2.48. The van der Waals surface area contributed by atoms with Gasteiger partial charge in [-0.3, -0.25) is 4.79 Å². The normalized spacial score (nSPS) is 15.9. The van der Waals surface area contributed by atoms with Crippen molar-refractivity contribution < 1.29 is 14.3 Å². The van der Waals surface area contributed by atoms with Crippen LogP contribution < -0.4 is 0 Å². The summed E-state index contributed by atoms with van der Waals surface area (Å²) in [7, 11) is 0. The van der Waals surface area contributed by atoms with Crippen molar-refractivity contribution in [2.24, 2.45) is 5.92 Å². The van der Waals surface area contributed by atoms with E-state index in [1.807, 2.05) is 37.3 Å². The summed E-state index contributed by atoms with van der Waals surface area (Å²) in [4.78, 5) is 25.3. The molecule has 0 radical (unpaired) electrons. The monoisotopic (exact) mass is 275 g/mol. The van der Waals surface area contributed by atoms with Gasteiger partial charge in [-0.2, -0.15) is 0 Å². The number of rotatable bonds is 4. The summed E-state index contributed by atoms with van der Waals surface area (Å²) in [6.45, 7) is 3.42. The maximum absolute atomic E-state index is 11.9. The van der Waals surface area contributed by atoms with Crippen LogP contribution in [0.2, 0.25) is 0 Å². The lowest BCUT2D eigenvalue weighted by atomic mass is 9.91. The SMILES string of the molecule is CCC(=O)C1CCN(C(=O)OCc2ccccc2)CC1. The number of carbonyl (C=O) groups excluding carboxylic acids is 2. The van der Waals surface area contributed by atoms with Gasteiger partial charge in [0, 0.05) is 25.4 Å². The number of carbonyl (C=O) groups is 2. The first-order valence-corrected chi connectivity index (χ1v) is 7.19. The Morgan fingerprint density at radius 1 is 1.20 bits per heavy atom. The minimum absolute atomic E-state index is 0.123. The number of hydrogen-bond acceptors (Lipinski definition) is 3. The molecule has 0 aliphatic carbocycles. The highest BCUT2D eigenvalue weighted by Crippen LogP contribution is 2.20. The zero-order valence-corrected chi connectivity index (χ0v) is 11.9. The number of benzene rings is 1. The Labute approximate surface area is 119 Å². The molecule has 108 valence electrons. The number of ether oxygens (including phenoxy) is 1. The number of likely N-dealkylation sites (tertiary alicyclic amines) is 1. The Balaban J connectivity index is 1.76. The molecule has 1 heterocycles. The van der Waals surface area contributed by atoms with E-state index >= 15 is 0 Å². The molecule has 4 nitrogen and oxygen atoms in total. The molecule has 1 fully saturated rings. The van der Waals surface area contributed by atoms with Gasteiger partial charge < -0.3 is 9.64 Å². The molecule has 1 aromatic rings. The lowest BCUT2D eigenvalue weighted by molar-refractivity contribution is -0.123. The van der Waals surface area contributed by atoms with Crippen LogP contribution in [-0.4, -0.2) is 29.9 Å². The predicted molar refractivity (Wildman–Crippen MR) is 76.2 cm³/mol. The Morgan fingerprint density at radius 2 is 1.85 bits per heavy atom. The van der Waals surface area contributed by atoms with E-state index in [4.69, 9.17) is 4.74 Å². The van der Waals surface area contributed by atoms with Crippen LogP contribution in [0.1, 0.15) is 31.7 Å². The van der Waals surface area contributed by atoms with Crippen molar-refractivity contribution in [2.75, 3.05) is 13.1 Å². The standard InChI is InChI=1S/C16H21NO3/c1-2-15(18)14-8-10-17(11-9-14)16(19)20-12-13-6-4-3-5-7-13/h3-7,14H,2,8-12H2,1H3. The summed E-state index contributed by atoms with van der Waals surface area (Å²) in [5.74, 6) is 0.431. The van der Waals surface area contributed by atoms with Gasteiger partial charge in [0.2, 0.25) is 0 Å². The van der Waals surface area contributed by atoms with E-state index in [2.05, 4.69) is 0 Å². The highest BCUT2D eigenvalue weighted by Gasteiger charge is 2.26. The zero-order chi connectivity index (χ0) is 14.4. The second-order valence-corrected chi connectivity index (χ2v) is 5.12. The van der Waals surface area contributed by atoms with E-state index < -0.39 is 0 Å². The fourth-order valence-corrected chi connectivity index (χ4v) is 2.48. The molecule has 0 spiro atoms. The Morgan fingerprint density at radius 3 is 2.45 bits per heavy atom. The first-order valence-electron chi connectivity index (χ1n) is 7.19. The molecule has 1 aliphatic heterocycles. The summed E-state index contributed by atoms with van der Waals surface area (Å²) >= 11 is 0. The van der Waals surface area contributed by atoms with Crippen molar-refractivity contribution in [2.45, 2.75) is 32.8 Å². The molecule has 0 N–H and O–H groups in total. The summed E-state index contributed by atoms with van der Waals surface area (Å²) in [6.07, 6.45) is 1.82. The minimum atomic E-state index is -0.281. The minimum Gasteiger partial charge on any atom is -0.445 e. The molecule has 1 aliphatic rings. The Bertz CT molecular complexity index is 450. The van der Waals surface area contributed by atoms with Crippen molar-refractivity contribution in [1.29, 1.82) is 0 Å². The van der Waals surface area contributed by atoms with Crippen LogP contribution >= 0.6 is 0 Å². The van der Waals surface area contributed by atoms with Gasteiger partial charge in [0.1, 0.15) is 12.4 Å². The third-order valence-electron chi connectivity index (χ3n) is 3.76. The molecule has 1 saturated heterocycles. The van der Waals surface area contributed by atoms with E-state index in [1.54, 1.807) is 4.90 Å². The largest absolute Gasteiger partial charge is 0.445 e. The summed E-state index contributed by atoms with van der Waals surface area (Å²) in [6, 6.07) is 9.63. The van der Waals surface area contributed by atoms with Gasteiger partial charge in [-0.1, -0.05) is 37.3 Å². The predicted octanol–water partition coefficient (Wildman–Crippen LogP) is 3.01. The van der Waals surface area contributed by atoms with Gasteiger partial charge in [0.25, 0.3) is 0 Å². The molecule has 2 rings (SSSR count). The number of nitrogens with zero attached hydrogens (tertiary/aromatic N) is 1. The topological polar surface area (TPSA) is 46.6 Å². The van der Waals surface area contributed by atoms with E-state index in [1.165, 1.54) is 0 Å². The van der Waals surface area contributed by atoms with E-state index in [9.17, 15) is 9.59 Å². The lowest BCUT2D eigenvalue weighted by Crippen LogP contribution is -2.40. The maximum Gasteiger partial charge on any atom is 0.410 e.